The lowest BCUT2D eigenvalue weighted by Crippen LogP contribution is -2.52. The lowest BCUT2D eigenvalue weighted by Gasteiger charge is -2.43. The molecule has 114 valence electrons. The van der Waals surface area contributed by atoms with Crippen molar-refractivity contribution in [2.45, 2.75) is 53.0 Å². The van der Waals surface area contributed by atoms with E-state index in [0.717, 1.165) is 5.56 Å². The number of hydrogen-bond donors (Lipinski definition) is 2. The Morgan fingerprint density at radius 2 is 2.05 bits per heavy atom. The van der Waals surface area contributed by atoms with Crippen LogP contribution in [0.2, 0.25) is 0 Å². The highest BCUT2D eigenvalue weighted by molar-refractivity contribution is 5.95. The molecule has 1 amide bonds. The van der Waals surface area contributed by atoms with E-state index in [-0.39, 0.29) is 28.5 Å². The molecule has 3 atom stereocenters. The minimum Gasteiger partial charge on any atom is -0.508 e. The zero-order valence-corrected chi connectivity index (χ0v) is 13.4. The zero-order valence-electron chi connectivity index (χ0n) is 13.4. The van der Waals surface area contributed by atoms with Gasteiger partial charge in [0.2, 0.25) is 0 Å². The van der Waals surface area contributed by atoms with Crippen LogP contribution in [0.1, 0.15) is 56.0 Å². The van der Waals surface area contributed by atoms with E-state index in [9.17, 15) is 9.90 Å². The van der Waals surface area contributed by atoms with Crippen molar-refractivity contribution >= 4 is 5.91 Å². The number of aryl methyl sites for hydroxylation is 1. The molecule has 1 aromatic rings. The first kappa shape index (κ1) is 14.4. The van der Waals surface area contributed by atoms with Crippen LogP contribution in [0, 0.1) is 23.7 Å². The van der Waals surface area contributed by atoms with Crippen molar-refractivity contribution in [2.75, 3.05) is 0 Å². The molecule has 0 saturated heterocycles. The topological polar surface area (TPSA) is 49.3 Å². The van der Waals surface area contributed by atoms with E-state index in [2.05, 4.69) is 26.1 Å². The van der Waals surface area contributed by atoms with E-state index in [0.29, 0.717) is 11.5 Å². The Balaban J connectivity index is 1.83. The predicted octanol–water partition coefficient (Wildman–Crippen LogP) is 3.65. The Morgan fingerprint density at radius 1 is 1.33 bits per heavy atom. The molecular formula is C18H25NO2. The molecule has 0 aliphatic heterocycles. The molecule has 2 fully saturated rings. The van der Waals surface area contributed by atoms with Gasteiger partial charge in [-0.05, 0) is 60.6 Å². The van der Waals surface area contributed by atoms with Gasteiger partial charge < -0.3 is 10.4 Å². The first-order valence-electron chi connectivity index (χ1n) is 7.84. The minimum atomic E-state index is -0.0721. The molecule has 3 rings (SSSR count). The van der Waals surface area contributed by atoms with Gasteiger partial charge in [0.15, 0.2) is 0 Å². The van der Waals surface area contributed by atoms with Crippen molar-refractivity contribution in [1.29, 1.82) is 0 Å². The van der Waals surface area contributed by atoms with Crippen molar-refractivity contribution in [1.82, 2.24) is 5.32 Å². The monoisotopic (exact) mass is 287 g/mol. The Kier molecular flexibility index (Phi) is 3.09. The summed E-state index contributed by atoms with van der Waals surface area (Å²) in [5.74, 6) is 0.817. The highest BCUT2D eigenvalue weighted by atomic mass is 16.3. The summed E-state index contributed by atoms with van der Waals surface area (Å²) in [6.07, 6.45) is 3.69. The highest BCUT2D eigenvalue weighted by Crippen LogP contribution is 2.62. The molecule has 2 aliphatic carbocycles. The number of benzene rings is 1. The molecule has 0 heterocycles. The minimum absolute atomic E-state index is 0.0721. The van der Waals surface area contributed by atoms with E-state index in [4.69, 9.17) is 0 Å². The van der Waals surface area contributed by atoms with Crippen molar-refractivity contribution in [3.8, 4) is 5.75 Å². The van der Waals surface area contributed by atoms with Crippen LogP contribution in [0.15, 0.2) is 18.2 Å². The highest BCUT2D eigenvalue weighted by Gasteiger charge is 2.59. The van der Waals surface area contributed by atoms with Crippen molar-refractivity contribution in [3.05, 3.63) is 29.3 Å². The van der Waals surface area contributed by atoms with Gasteiger partial charge in [-0.2, -0.15) is 0 Å². The fraction of sp³-hybridized carbons (Fsp3) is 0.611. The quantitative estimate of drug-likeness (QED) is 0.872. The first-order chi connectivity index (χ1) is 9.74. The van der Waals surface area contributed by atoms with Crippen LogP contribution < -0.4 is 5.32 Å². The van der Waals surface area contributed by atoms with Gasteiger partial charge in [0.25, 0.3) is 5.91 Å². The maximum absolute atomic E-state index is 12.5. The number of nitrogens with one attached hydrogen (secondary N) is 1. The molecule has 2 N–H and O–H groups in total. The van der Waals surface area contributed by atoms with Crippen LogP contribution in [0.5, 0.6) is 5.75 Å². The molecule has 2 saturated carbocycles. The van der Waals surface area contributed by atoms with E-state index in [1.165, 1.54) is 19.3 Å². The fourth-order valence-electron chi connectivity index (χ4n) is 4.63. The molecule has 3 unspecified atom stereocenters. The van der Waals surface area contributed by atoms with Gasteiger partial charge in [-0.15, -0.1) is 0 Å². The average Bonchev–Trinajstić information content (AvgIpc) is 2.89. The summed E-state index contributed by atoms with van der Waals surface area (Å²) in [4.78, 5) is 12.5. The summed E-state index contributed by atoms with van der Waals surface area (Å²) in [6, 6.07) is 5.34. The molecule has 0 radical (unpaired) electrons. The SMILES string of the molecule is Cc1ccc(C(=O)NC2C3(C)CCC(C3)C2(C)C)cc1O. The maximum Gasteiger partial charge on any atom is 0.251 e. The second-order valence-corrected chi connectivity index (χ2v) is 7.82. The van der Waals surface area contributed by atoms with E-state index >= 15 is 0 Å². The smallest absolute Gasteiger partial charge is 0.251 e. The third kappa shape index (κ3) is 2.14. The Hall–Kier alpha value is -1.51. The van der Waals surface area contributed by atoms with Gasteiger partial charge in [0, 0.05) is 11.6 Å². The van der Waals surface area contributed by atoms with Crippen LogP contribution in [0.4, 0.5) is 0 Å². The Labute approximate surface area is 126 Å². The Bertz CT molecular complexity index is 588. The third-order valence-electron chi connectivity index (χ3n) is 6.02. The van der Waals surface area contributed by atoms with Gasteiger partial charge in [-0.25, -0.2) is 0 Å². The van der Waals surface area contributed by atoms with Crippen molar-refractivity contribution < 1.29 is 9.90 Å². The molecule has 1 aromatic carbocycles. The van der Waals surface area contributed by atoms with E-state index in [1.54, 1.807) is 18.2 Å². The number of phenolic OH excluding ortho intramolecular Hbond substituents is 1. The maximum atomic E-state index is 12.5. The lowest BCUT2D eigenvalue weighted by molar-refractivity contribution is 0.0737. The van der Waals surface area contributed by atoms with E-state index < -0.39 is 0 Å². The Morgan fingerprint density at radius 3 is 2.62 bits per heavy atom. The van der Waals surface area contributed by atoms with Crippen LogP contribution in [0.3, 0.4) is 0 Å². The second kappa shape index (κ2) is 4.49. The first-order valence-corrected chi connectivity index (χ1v) is 7.84. The third-order valence-corrected chi connectivity index (χ3v) is 6.02. The number of aromatic hydroxyl groups is 1. The van der Waals surface area contributed by atoms with Gasteiger partial charge in [0.05, 0.1) is 0 Å². The standard InChI is InChI=1S/C18H25NO2/c1-11-5-6-12(9-14(11)20)15(21)19-16-17(2,3)13-7-8-18(16,4)10-13/h5-6,9,13,16,20H,7-8,10H2,1-4H3,(H,19,21). The predicted molar refractivity (Wildman–Crippen MR) is 83.3 cm³/mol. The number of rotatable bonds is 2. The summed E-state index contributed by atoms with van der Waals surface area (Å²) in [7, 11) is 0. The van der Waals surface area contributed by atoms with Gasteiger partial charge in [-0.3, -0.25) is 4.79 Å². The molecule has 3 nitrogen and oxygen atoms in total. The number of amides is 1. The van der Waals surface area contributed by atoms with Crippen LogP contribution in [-0.2, 0) is 0 Å². The van der Waals surface area contributed by atoms with Gasteiger partial charge in [-0.1, -0.05) is 26.8 Å². The van der Waals surface area contributed by atoms with Crippen LogP contribution in [0.25, 0.3) is 0 Å². The average molecular weight is 287 g/mol. The van der Waals surface area contributed by atoms with Crippen LogP contribution >= 0.6 is 0 Å². The summed E-state index contributed by atoms with van der Waals surface area (Å²) in [6.45, 7) is 8.69. The van der Waals surface area contributed by atoms with Crippen molar-refractivity contribution in [2.24, 2.45) is 16.7 Å². The fourth-order valence-corrected chi connectivity index (χ4v) is 4.63. The molecular weight excluding hydrogens is 262 g/mol. The summed E-state index contributed by atoms with van der Waals surface area (Å²) in [5, 5.41) is 13.0. The van der Waals surface area contributed by atoms with Crippen LogP contribution in [-0.4, -0.2) is 17.1 Å². The van der Waals surface area contributed by atoms with Gasteiger partial charge in [0.1, 0.15) is 5.75 Å². The van der Waals surface area contributed by atoms with E-state index in [1.807, 2.05) is 6.92 Å². The zero-order chi connectivity index (χ0) is 15.4. The summed E-state index contributed by atoms with van der Waals surface area (Å²) >= 11 is 0. The number of fused-ring (bicyclic) bond motifs is 2. The molecule has 0 spiro atoms. The molecule has 21 heavy (non-hydrogen) atoms. The van der Waals surface area contributed by atoms with Gasteiger partial charge >= 0.3 is 0 Å². The summed E-state index contributed by atoms with van der Waals surface area (Å²) < 4.78 is 0. The second-order valence-electron chi connectivity index (χ2n) is 7.82. The molecule has 2 aliphatic rings. The lowest BCUT2D eigenvalue weighted by atomic mass is 9.68. The molecule has 3 heteroatoms. The summed E-state index contributed by atoms with van der Waals surface area (Å²) in [5.41, 5.74) is 1.70. The molecule has 2 bridgehead atoms. The largest absolute Gasteiger partial charge is 0.508 e. The normalized spacial score (nSPS) is 33.1. The number of carbonyl (C=O) groups excluding carboxylic acids is 1. The number of hydrogen-bond acceptors (Lipinski definition) is 2. The van der Waals surface area contributed by atoms with Crippen molar-refractivity contribution in [3.63, 3.8) is 0 Å². The number of phenols is 1. The molecule has 0 aromatic heterocycles. The number of carbonyl (C=O) groups is 1.